The summed E-state index contributed by atoms with van der Waals surface area (Å²) in [7, 11) is 2.16. The highest BCUT2D eigenvalue weighted by atomic mass is 32.1. The molecule has 0 aliphatic carbocycles. The van der Waals surface area contributed by atoms with Crippen molar-refractivity contribution in [2.75, 3.05) is 38.1 Å². The lowest BCUT2D eigenvalue weighted by molar-refractivity contribution is 0.312. The molecule has 0 aromatic carbocycles. The van der Waals surface area contributed by atoms with Crippen molar-refractivity contribution in [1.29, 1.82) is 0 Å². The van der Waals surface area contributed by atoms with E-state index in [0.717, 1.165) is 54.6 Å². The van der Waals surface area contributed by atoms with Crippen LogP contribution >= 0.6 is 11.3 Å². The molecular formula is C19H21N5S. The minimum absolute atomic E-state index is 0.799. The number of pyridine rings is 1. The third kappa shape index (κ3) is 3.55. The van der Waals surface area contributed by atoms with Crippen molar-refractivity contribution < 1.29 is 0 Å². The van der Waals surface area contributed by atoms with E-state index in [0.29, 0.717) is 0 Å². The fraction of sp³-hybridized carbons (Fsp3) is 0.316. The Hall–Kier alpha value is -2.31. The first kappa shape index (κ1) is 16.2. The van der Waals surface area contributed by atoms with Gasteiger partial charge >= 0.3 is 0 Å². The molecule has 4 heterocycles. The maximum atomic E-state index is 4.66. The smallest absolute Gasteiger partial charge is 0.132 e. The highest BCUT2D eigenvalue weighted by molar-refractivity contribution is 7.13. The maximum Gasteiger partial charge on any atom is 0.132 e. The molecule has 0 radical (unpaired) electrons. The molecule has 1 fully saturated rings. The van der Waals surface area contributed by atoms with Gasteiger partial charge in [0.05, 0.1) is 5.69 Å². The Balaban J connectivity index is 1.68. The van der Waals surface area contributed by atoms with Crippen LogP contribution in [-0.2, 0) is 0 Å². The molecular weight excluding hydrogens is 330 g/mol. The SMILES string of the molecule is Cc1nc(-c2cncc(-c3cccs3)c2)cc(N2CCN(C)CC2)n1. The monoisotopic (exact) mass is 351 g/mol. The van der Waals surface area contributed by atoms with Gasteiger partial charge < -0.3 is 9.80 Å². The summed E-state index contributed by atoms with van der Waals surface area (Å²) in [5.74, 6) is 1.81. The van der Waals surface area contributed by atoms with Crippen LogP contribution in [-0.4, -0.2) is 53.1 Å². The van der Waals surface area contributed by atoms with E-state index in [4.69, 9.17) is 0 Å². The molecule has 4 rings (SSSR count). The van der Waals surface area contributed by atoms with E-state index in [1.165, 1.54) is 4.88 Å². The normalized spacial score (nSPS) is 15.5. The van der Waals surface area contributed by atoms with Gasteiger partial charge in [0, 0.05) is 60.6 Å². The summed E-state index contributed by atoms with van der Waals surface area (Å²) in [6, 6.07) is 8.43. The predicted molar refractivity (Wildman–Crippen MR) is 103 cm³/mol. The van der Waals surface area contributed by atoms with Crippen molar-refractivity contribution in [2.24, 2.45) is 0 Å². The molecule has 0 N–H and O–H groups in total. The first-order valence-corrected chi connectivity index (χ1v) is 9.35. The summed E-state index contributed by atoms with van der Waals surface area (Å²) in [6.07, 6.45) is 3.79. The number of piperazine rings is 1. The number of nitrogens with zero attached hydrogens (tertiary/aromatic N) is 5. The molecule has 128 valence electrons. The molecule has 25 heavy (non-hydrogen) atoms. The second-order valence-corrected chi connectivity index (χ2v) is 7.34. The van der Waals surface area contributed by atoms with E-state index in [1.54, 1.807) is 11.3 Å². The highest BCUT2D eigenvalue weighted by Gasteiger charge is 2.17. The maximum absolute atomic E-state index is 4.66. The molecule has 3 aromatic rings. The number of anilines is 1. The van der Waals surface area contributed by atoms with Gasteiger partial charge in [0.15, 0.2) is 0 Å². The number of hydrogen-bond donors (Lipinski definition) is 0. The predicted octanol–water partition coefficient (Wildman–Crippen LogP) is 3.33. The molecule has 0 bridgehead atoms. The van der Waals surface area contributed by atoms with Crippen LogP contribution in [0.15, 0.2) is 42.0 Å². The molecule has 6 heteroatoms. The van der Waals surface area contributed by atoms with Gasteiger partial charge in [0.25, 0.3) is 0 Å². The zero-order valence-electron chi connectivity index (χ0n) is 14.5. The molecule has 1 aliphatic heterocycles. The first-order valence-electron chi connectivity index (χ1n) is 8.47. The van der Waals surface area contributed by atoms with Crippen molar-refractivity contribution in [3.05, 3.63) is 47.9 Å². The molecule has 0 spiro atoms. The summed E-state index contributed by atoms with van der Waals surface area (Å²) in [4.78, 5) is 19.6. The summed E-state index contributed by atoms with van der Waals surface area (Å²) in [5, 5.41) is 2.09. The van der Waals surface area contributed by atoms with E-state index < -0.39 is 0 Å². The zero-order chi connectivity index (χ0) is 17.2. The minimum atomic E-state index is 0.799. The van der Waals surface area contributed by atoms with Crippen molar-refractivity contribution >= 4 is 17.2 Å². The summed E-state index contributed by atoms with van der Waals surface area (Å²) < 4.78 is 0. The van der Waals surface area contributed by atoms with Crippen molar-refractivity contribution in [3.63, 3.8) is 0 Å². The quantitative estimate of drug-likeness (QED) is 0.724. The number of thiophene rings is 1. The summed E-state index contributed by atoms with van der Waals surface area (Å²) >= 11 is 1.72. The van der Waals surface area contributed by atoms with Crippen LogP contribution in [0.25, 0.3) is 21.7 Å². The van der Waals surface area contributed by atoms with E-state index in [1.807, 2.05) is 19.3 Å². The number of rotatable bonds is 3. The molecule has 0 saturated carbocycles. The van der Waals surface area contributed by atoms with E-state index in [9.17, 15) is 0 Å². The average molecular weight is 351 g/mol. The molecule has 5 nitrogen and oxygen atoms in total. The van der Waals surface area contributed by atoms with Crippen molar-refractivity contribution in [1.82, 2.24) is 19.9 Å². The van der Waals surface area contributed by atoms with E-state index in [-0.39, 0.29) is 0 Å². The Morgan fingerprint density at radius 1 is 1.00 bits per heavy atom. The lowest BCUT2D eigenvalue weighted by atomic mass is 10.1. The highest BCUT2D eigenvalue weighted by Crippen LogP contribution is 2.28. The van der Waals surface area contributed by atoms with Gasteiger partial charge in [-0.2, -0.15) is 0 Å². The zero-order valence-corrected chi connectivity index (χ0v) is 15.3. The van der Waals surface area contributed by atoms with Gasteiger partial charge in [-0.1, -0.05) is 6.07 Å². The Bertz CT molecular complexity index is 854. The van der Waals surface area contributed by atoms with Gasteiger partial charge in [-0.3, -0.25) is 4.98 Å². The molecule has 0 unspecified atom stereocenters. The van der Waals surface area contributed by atoms with Crippen LogP contribution in [0.5, 0.6) is 0 Å². The van der Waals surface area contributed by atoms with E-state index >= 15 is 0 Å². The van der Waals surface area contributed by atoms with Gasteiger partial charge in [-0.05, 0) is 31.5 Å². The van der Waals surface area contributed by atoms with Crippen LogP contribution in [0.2, 0.25) is 0 Å². The Kier molecular flexibility index (Phi) is 4.46. The van der Waals surface area contributed by atoms with E-state index in [2.05, 4.69) is 61.4 Å². The molecule has 1 aliphatic rings. The molecule has 0 atom stereocenters. The number of aryl methyl sites for hydroxylation is 1. The number of hydrogen-bond acceptors (Lipinski definition) is 6. The molecule has 1 saturated heterocycles. The van der Waals surface area contributed by atoms with Gasteiger partial charge in [-0.15, -0.1) is 11.3 Å². The second kappa shape index (κ2) is 6.90. The Morgan fingerprint density at radius 2 is 1.80 bits per heavy atom. The largest absolute Gasteiger partial charge is 0.354 e. The Labute approximate surface area is 152 Å². The molecule has 0 amide bonds. The summed E-state index contributed by atoms with van der Waals surface area (Å²) in [5.41, 5.74) is 3.10. The minimum Gasteiger partial charge on any atom is -0.354 e. The van der Waals surface area contributed by atoms with Crippen LogP contribution in [0, 0.1) is 6.92 Å². The number of aromatic nitrogens is 3. The van der Waals surface area contributed by atoms with Crippen molar-refractivity contribution in [3.8, 4) is 21.7 Å². The van der Waals surface area contributed by atoms with Crippen LogP contribution < -0.4 is 4.90 Å². The van der Waals surface area contributed by atoms with Gasteiger partial charge in [-0.25, -0.2) is 9.97 Å². The summed E-state index contributed by atoms with van der Waals surface area (Å²) in [6.45, 7) is 6.08. The fourth-order valence-corrected chi connectivity index (χ4v) is 3.76. The van der Waals surface area contributed by atoms with Crippen LogP contribution in [0.3, 0.4) is 0 Å². The van der Waals surface area contributed by atoms with Crippen molar-refractivity contribution in [2.45, 2.75) is 6.92 Å². The third-order valence-electron chi connectivity index (χ3n) is 4.49. The standard InChI is InChI=1S/C19H21N5S/c1-14-21-17(11-19(22-14)24-7-5-23(2)6-8-24)15-10-16(13-20-12-15)18-4-3-9-25-18/h3-4,9-13H,5-8H2,1-2H3. The molecule has 3 aromatic heterocycles. The van der Waals surface area contributed by atoms with Crippen LogP contribution in [0.4, 0.5) is 5.82 Å². The average Bonchev–Trinajstić information content (AvgIpc) is 3.17. The lowest BCUT2D eigenvalue weighted by Gasteiger charge is -2.33. The lowest BCUT2D eigenvalue weighted by Crippen LogP contribution is -2.44. The number of likely N-dealkylation sites (N-methyl/N-ethyl adjacent to an activating group) is 1. The van der Waals surface area contributed by atoms with Gasteiger partial charge in [0.1, 0.15) is 11.6 Å². The fourth-order valence-electron chi connectivity index (χ4n) is 3.05. The first-order chi connectivity index (χ1) is 12.2. The van der Waals surface area contributed by atoms with Crippen LogP contribution in [0.1, 0.15) is 5.82 Å². The Morgan fingerprint density at radius 3 is 2.56 bits per heavy atom. The van der Waals surface area contributed by atoms with Gasteiger partial charge in [0.2, 0.25) is 0 Å². The second-order valence-electron chi connectivity index (χ2n) is 6.39. The third-order valence-corrected chi connectivity index (χ3v) is 5.41. The topological polar surface area (TPSA) is 45.2 Å².